The zero-order valence-corrected chi connectivity index (χ0v) is 18.0. The molecule has 164 valence electrons. The van der Waals surface area contributed by atoms with E-state index >= 15 is 0 Å². The molecular formula is C25H30N2O4. The summed E-state index contributed by atoms with van der Waals surface area (Å²) in [4.78, 5) is 38.7. The van der Waals surface area contributed by atoms with Crippen LogP contribution in [0.25, 0.3) is 0 Å². The van der Waals surface area contributed by atoms with Crippen LogP contribution in [0.3, 0.4) is 0 Å². The zero-order chi connectivity index (χ0) is 22.1. The Labute approximate surface area is 183 Å². The number of hydrogen-bond acceptors (Lipinski definition) is 4. The van der Waals surface area contributed by atoms with Crippen LogP contribution in [0.1, 0.15) is 47.7 Å². The summed E-state index contributed by atoms with van der Waals surface area (Å²) < 4.78 is 5.11. The van der Waals surface area contributed by atoms with Crippen LogP contribution in [0.5, 0.6) is 0 Å². The maximum atomic E-state index is 12.8. The van der Waals surface area contributed by atoms with E-state index in [0.717, 1.165) is 24.0 Å². The Hall–Kier alpha value is -3.15. The summed E-state index contributed by atoms with van der Waals surface area (Å²) in [6.45, 7) is 3.62. The van der Waals surface area contributed by atoms with Gasteiger partial charge in [0, 0.05) is 31.6 Å². The molecule has 0 aromatic heterocycles. The molecule has 1 unspecified atom stereocenters. The second kappa shape index (κ2) is 11.3. The number of esters is 1. The fraction of sp³-hybridized carbons (Fsp3) is 0.400. The highest BCUT2D eigenvalue weighted by Crippen LogP contribution is 2.20. The summed E-state index contributed by atoms with van der Waals surface area (Å²) in [6.07, 6.45) is 2.70. The van der Waals surface area contributed by atoms with Crippen LogP contribution >= 0.6 is 0 Å². The normalized spacial score (nSPS) is 15.9. The van der Waals surface area contributed by atoms with Crippen LogP contribution in [0.2, 0.25) is 0 Å². The first-order valence-electron chi connectivity index (χ1n) is 10.9. The third-order valence-electron chi connectivity index (χ3n) is 5.50. The Morgan fingerprint density at radius 3 is 2.48 bits per heavy atom. The quantitative estimate of drug-likeness (QED) is 0.662. The van der Waals surface area contributed by atoms with E-state index in [1.807, 2.05) is 42.5 Å². The number of ether oxygens (including phenoxy) is 1. The van der Waals surface area contributed by atoms with Crippen molar-refractivity contribution in [2.24, 2.45) is 5.92 Å². The lowest BCUT2D eigenvalue weighted by atomic mass is 9.97. The number of benzene rings is 2. The number of nitrogens with zero attached hydrogens (tertiary/aromatic N) is 1. The van der Waals surface area contributed by atoms with Crippen molar-refractivity contribution in [2.75, 3.05) is 19.7 Å². The first kappa shape index (κ1) is 22.5. The summed E-state index contributed by atoms with van der Waals surface area (Å²) in [6, 6.07) is 17.2. The molecule has 0 aliphatic carbocycles. The van der Waals surface area contributed by atoms with E-state index < -0.39 is 0 Å². The van der Waals surface area contributed by atoms with Crippen LogP contribution in [-0.4, -0.2) is 42.4 Å². The fourth-order valence-corrected chi connectivity index (χ4v) is 3.75. The molecule has 6 heteroatoms. The molecule has 1 aliphatic heterocycles. The van der Waals surface area contributed by atoms with Crippen LogP contribution < -0.4 is 5.32 Å². The number of carbonyl (C=O) groups is 3. The number of piperidine rings is 1. The van der Waals surface area contributed by atoms with Crippen molar-refractivity contribution < 1.29 is 19.1 Å². The van der Waals surface area contributed by atoms with Crippen molar-refractivity contribution in [3.8, 4) is 0 Å². The van der Waals surface area contributed by atoms with Crippen molar-refractivity contribution in [2.45, 2.75) is 39.2 Å². The molecule has 1 saturated heterocycles. The van der Waals surface area contributed by atoms with Gasteiger partial charge < -0.3 is 15.0 Å². The van der Waals surface area contributed by atoms with Gasteiger partial charge in [0.05, 0.1) is 12.5 Å². The molecule has 0 bridgehead atoms. The smallest absolute Gasteiger partial charge is 0.310 e. The van der Waals surface area contributed by atoms with Crippen molar-refractivity contribution in [1.29, 1.82) is 0 Å². The average Bonchev–Trinajstić information content (AvgIpc) is 2.82. The van der Waals surface area contributed by atoms with Gasteiger partial charge >= 0.3 is 5.97 Å². The van der Waals surface area contributed by atoms with Crippen molar-refractivity contribution in [3.05, 3.63) is 71.3 Å². The number of likely N-dealkylation sites (tertiary alicyclic amines) is 1. The van der Waals surface area contributed by atoms with E-state index in [4.69, 9.17) is 4.74 Å². The standard InChI is InChI=1S/C25H30N2O4/c1-2-31-25(30)22-9-6-16-27(18-22)24(29)21-13-10-20(11-14-21)17-26-23(28)15-12-19-7-4-3-5-8-19/h3-5,7-8,10-11,13-14,22H,2,6,9,12,15-18H2,1H3,(H,26,28). The number of carbonyl (C=O) groups excluding carboxylic acids is 3. The molecule has 0 saturated carbocycles. The van der Waals surface area contributed by atoms with E-state index in [0.29, 0.717) is 44.6 Å². The molecule has 1 heterocycles. The molecule has 0 radical (unpaired) electrons. The molecule has 2 amide bonds. The van der Waals surface area contributed by atoms with Crippen LogP contribution in [0, 0.1) is 5.92 Å². The van der Waals surface area contributed by atoms with E-state index in [1.165, 1.54) is 0 Å². The van der Waals surface area contributed by atoms with Crippen LogP contribution in [-0.2, 0) is 27.3 Å². The van der Waals surface area contributed by atoms with Gasteiger partial charge in [-0.05, 0) is 49.4 Å². The van der Waals surface area contributed by atoms with Gasteiger partial charge in [-0.2, -0.15) is 0 Å². The van der Waals surface area contributed by atoms with E-state index in [9.17, 15) is 14.4 Å². The Kier molecular flexibility index (Phi) is 8.21. The molecule has 0 spiro atoms. The second-order valence-corrected chi connectivity index (χ2v) is 7.80. The fourth-order valence-electron chi connectivity index (χ4n) is 3.75. The molecule has 2 aromatic rings. The second-order valence-electron chi connectivity index (χ2n) is 7.80. The van der Waals surface area contributed by atoms with E-state index in [1.54, 1.807) is 24.0 Å². The first-order valence-corrected chi connectivity index (χ1v) is 10.9. The topological polar surface area (TPSA) is 75.7 Å². The van der Waals surface area contributed by atoms with Gasteiger partial charge in [-0.15, -0.1) is 0 Å². The van der Waals surface area contributed by atoms with Crippen molar-refractivity contribution in [1.82, 2.24) is 10.2 Å². The predicted molar refractivity (Wildman–Crippen MR) is 118 cm³/mol. The summed E-state index contributed by atoms with van der Waals surface area (Å²) in [5, 5.41) is 2.93. The number of hydrogen-bond donors (Lipinski definition) is 1. The highest BCUT2D eigenvalue weighted by atomic mass is 16.5. The Balaban J connectivity index is 1.47. The molecule has 1 aliphatic rings. The Bertz CT molecular complexity index is 880. The minimum Gasteiger partial charge on any atom is -0.466 e. The monoisotopic (exact) mass is 422 g/mol. The lowest BCUT2D eigenvalue weighted by Gasteiger charge is -2.31. The van der Waals surface area contributed by atoms with Gasteiger partial charge in [-0.3, -0.25) is 14.4 Å². The molecule has 1 fully saturated rings. The molecule has 1 atom stereocenters. The molecule has 2 aromatic carbocycles. The van der Waals surface area contributed by atoms with Crippen molar-refractivity contribution in [3.63, 3.8) is 0 Å². The minimum atomic E-state index is -0.247. The van der Waals surface area contributed by atoms with Crippen LogP contribution in [0.4, 0.5) is 0 Å². The summed E-state index contributed by atoms with van der Waals surface area (Å²) in [7, 11) is 0. The lowest BCUT2D eigenvalue weighted by Crippen LogP contribution is -2.42. The average molecular weight is 423 g/mol. The van der Waals surface area contributed by atoms with Crippen molar-refractivity contribution >= 4 is 17.8 Å². The summed E-state index contributed by atoms with van der Waals surface area (Å²) in [5.41, 5.74) is 2.67. The first-order chi connectivity index (χ1) is 15.1. The van der Waals surface area contributed by atoms with Gasteiger partial charge in [0.15, 0.2) is 0 Å². The van der Waals surface area contributed by atoms with Gasteiger partial charge in [0.25, 0.3) is 5.91 Å². The van der Waals surface area contributed by atoms with E-state index in [2.05, 4.69) is 5.32 Å². The number of amides is 2. The highest BCUT2D eigenvalue weighted by Gasteiger charge is 2.29. The maximum absolute atomic E-state index is 12.8. The Morgan fingerprint density at radius 2 is 1.77 bits per heavy atom. The number of rotatable bonds is 8. The summed E-state index contributed by atoms with van der Waals surface area (Å²) >= 11 is 0. The molecule has 31 heavy (non-hydrogen) atoms. The van der Waals surface area contributed by atoms with Gasteiger partial charge in [-0.1, -0.05) is 42.5 Å². The minimum absolute atomic E-state index is 0.00216. The number of aryl methyl sites for hydroxylation is 1. The molecular weight excluding hydrogens is 392 g/mol. The van der Waals surface area contributed by atoms with Crippen LogP contribution in [0.15, 0.2) is 54.6 Å². The zero-order valence-electron chi connectivity index (χ0n) is 18.0. The SMILES string of the molecule is CCOC(=O)C1CCCN(C(=O)c2ccc(CNC(=O)CCc3ccccc3)cc2)C1. The highest BCUT2D eigenvalue weighted by molar-refractivity contribution is 5.94. The molecule has 3 rings (SSSR count). The third kappa shape index (κ3) is 6.67. The van der Waals surface area contributed by atoms with E-state index in [-0.39, 0.29) is 23.7 Å². The molecule has 6 nitrogen and oxygen atoms in total. The predicted octanol–water partition coefficient (Wildman–Crippen LogP) is 3.35. The number of nitrogens with one attached hydrogen (secondary N) is 1. The van der Waals surface area contributed by atoms with Gasteiger partial charge in [-0.25, -0.2) is 0 Å². The lowest BCUT2D eigenvalue weighted by molar-refractivity contribution is -0.149. The largest absolute Gasteiger partial charge is 0.466 e. The maximum Gasteiger partial charge on any atom is 0.310 e. The molecule has 1 N–H and O–H groups in total. The summed E-state index contributed by atoms with van der Waals surface area (Å²) in [5.74, 6) is -0.545. The Morgan fingerprint density at radius 1 is 1.03 bits per heavy atom. The van der Waals surface area contributed by atoms with Gasteiger partial charge in [0.1, 0.15) is 0 Å². The third-order valence-corrected chi connectivity index (χ3v) is 5.50. The van der Waals surface area contributed by atoms with Gasteiger partial charge in [0.2, 0.25) is 5.91 Å².